The zero-order valence-electron chi connectivity index (χ0n) is 5.40. The summed E-state index contributed by atoms with van der Waals surface area (Å²) in [5.74, 6) is 0.551. The van der Waals surface area contributed by atoms with Gasteiger partial charge in [-0.15, -0.1) is 11.6 Å². The molecule has 1 aromatic rings. The van der Waals surface area contributed by atoms with Crippen LogP contribution < -0.4 is 0 Å². The number of aromatic nitrogens is 2. The molecule has 0 atom stereocenters. The molecule has 0 radical (unpaired) electrons. The Bertz CT molecular complexity index is 261. The van der Waals surface area contributed by atoms with Crippen LogP contribution in [-0.2, 0) is 5.88 Å². The molecule has 0 saturated carbocycles. The molecule has 11 heavy (non-hydrogen) atoms. The van der Waals surface area contributed by atoms with Crippen LogP contribution in [0.3, 0.4) is 0 Å². The summed E-state index contributed by atoms with van der Waals surface area (Å²) >= 11 is 5.36. The molecule has 58 valence electrons. The summed E-state index contributed by atoms with van der Waals surface area (Å²) in [5, 5.41) is 10.1. The van der Waals surface area contributed by atoms with Crippen LogP contribution in [0.4, 0.5) is 5.69 Å². The van der Waals surface area contributed by atoms with E-state index < -0.39 is 4.92 Å². The first-order chi connectivity index (χ1) is 5.24. The van der Waals surface area contributed by atoms with Gasteiger partial charge in [0, 0.05) is 0 Å². The molecule has 0 N–H and O–H groups in total. The average Bonchev–Trinajstić information content (AvgIpc) is 2.05. The monoisotopic (exact) mass is 173 g/mol. The predicted molar refractivity (Wildman–Crippen MR) is 38.2 cm³/mol. The summed E-state index contributed by atoms with van der Waals surface area (Å²) < 4.78 is 0. The van der Waals surface area contributed by atoms with Crippen molar-refractivity contribution < 1.29 is 4.92 Å². The molecule has 1 aromatic heterocycles. The summed E-state index contributed by atoms with van der Waals surface area (Å²) in [6.45, 7) is 0. The Hall–Kier alpha value is -1.23. The normalized spacial score (nSPS) is 9.55. The Morgan fingerprint density at radius 3 is 2.45 bits per heavy atom. The van der Waals surface area contributed by atoms with E-state index in [2.05, 4.69) is 9.97 Å². The molecule has 0 amide bonds. The minimum atomic E-state index is -0.558. The van der Waals surface area contributed by atoms with Crippen molar-refractivity contribution >= 4 is 17.3 Å². The van der Waals surface area contributed by atoms with E-state index in [1.807, 2.05) is 0 Å². The molecule has 0 fully saturated rings. The van der Waals surface area contributed by atoms with Gasteiger partial charge in [0.15, 0.2) is 0 Å². The minimum Gasteiger partial charge on any atom is -0.258 e. The van der Waals surface area contributed by atoms with Gasteiger partial charge in [-0.05, 0) is 0 Å². The summed E-state index contributed by atoms with van der Waals surface area (Å²) in [6, 6.07) is 0. The summed E-state index contributed by atoms with van der Waals surface area (Å²) in [6.07, 6.45) is 2.26. The maximum atomic E-state index is 10.1. The first-order valence-corrected chi connectivity index (χ1v) is 3.29. The molecular formula is C5H4ClN3O2. The molecule has 0 unspecified atom stereocenters. The first-order valence-electron chi connectivity index (χ1n) is 2.75. The highest BCUT2D eigenvalue weighted by molar-refractivity contribution is 6.16. The highest BCUT2D eigenvalue weighted by Gasteiger charge is 2.04. The lowest BCUT2D eigenvalue weighted by atomic mass is 10.5. The molecule has 1 rings (SSSR count). The number of hydrogen-bond donors (Lipinski definition) is 0. The van der Waals surface area contributed by atoms with Crippen molar-refractivity contribution in [3.05, 3.63) is 28.3 Å². The highest BCUT2D eigenvalue weighted by atomic mass is 35.5. The summed E-state index contributed by atoms with van der Waals surface area (Å²) in [4.78, 5) is 16.8. The second kappa shape index (κ2) is 3.25. The quantitative estimate of drug-likeness (QED) is 0.382. The van der Waals surface area contributed by atoms with Crippen LogP contribution in [0.5, 0.6) is 0 Å². The maximum Gasteiger partial charge on any atom is 0.305 e. The van der Waals surface area contributed by atoms with Crippen molar-refractivity contribution in [2.24, 2.45) is 0 Å². The summed E-state index contributed by atoms with van der Waals surface area (Å²) in [7, 11) is 0. The molecule has 0 bridgehead atoms. The van der Waals surface area contributed by atoms with Gasteiger partial charge in [-0.1, -0.05) is 0 Å². The molecule has 0 aliphatic rings. The van der Waals surface area contributed by atoms with Crippen LogP contribution in [0.2, 0.25) is 0 Å². The van der Waals surface area contributed by atoms with Crippen LogP contribution >= 0.6 is 11.6 Å². The van der Waals surface area contributed by atoms with Crippen molar-refractivity contribution in [3.8, 4) is 0 Å². The molecule has 0 spiro atoms. The van der Waals surface area contributed by atoms with Crippen molar-refractivity contribution in [2.45, 2.75) is 5.88 Å². The molecule has 5 nitrogen and oxygen atoms in total. The lowest BCUT2D eigenvalue weighted by Crippen LogP contribution is -1.94. The average molecular weight is 174 g/mol. The third-order valence-electron chi connectivity index (χ3n) is 1.02. The van der Waals surface area contributed by atoms with Gasteiger partial charge in [-0.2, -0.15) is 0 Å². The lowest BCUT2D eigenvalue weighted by Gasteiger charge is -1.91. The minimum absolute atomic E-state index is 0.126. The molecule has 6 heteroatoms. The molecule has 1 heterocycles. The number of alkyl halides is 1. The van der Waals surface area contributed by atoms with Gasteiger partial charge in [0.05, 0.1) is 10.8 Å². The lowest BCUT2D eigenvalue weighted by molar-refractivity contribution is -0.385. The van der Waals surface area contributed by atoms with Gasteiger partial charge in [0.2, 0.25) is 0 Å². The summed E-state index contributed by atoms with van der Waals surface area (Å²) in [5.41, 5.74) is -0.126. The first kappa shape index (κ1) is 7.87. The van der Waals surface area contributed by atoms with Crippen molar-refractivity contribution in [2.75, 3.05) is 0 Å². The van der Waals surface area contributed by atoms with Crippen molar-refractivity contribution in [1.82, 2.24) is 9.97 Å². The largest absolute Gasteiger partial charge is 0.305 e. The van der Waals surface area contributed by atoms with E-state index in [-0.39, 0.29) is 11.6 Å². The Kier molecular flexibility index (Phi) is 2.32. The molecule has 0 aliphatic heterocycles. The van der Waals surface area contributed by atoms with Gasteiger partial charge in [-0.3, -0.25) is 10.1 Å². The van der Waals surface area contributed by atoms with Crippen LogP contribution in [-0.4, -0.2) is 14.9 Å². The zero-order chi connectivity index (χ0) is 8.27. The topological polar surface area (TPSA) is 68.9 Å². The van der Waals surface area contributed by atoms with Gasteiger partial charge in [0.1, 0.15) is 18.2 Å². The van der Waals surface area contributed by atoms with Crippen LogP contribution in [0.1, 0.15) is 5.82 Å². The third-order valence-corrected chi connectivity index (χ3v) is 1.26. The number of hydrogen-bond acceptors (Lipinski definition) is 4. The number of rotatable bonds is 2. The fraction of sp³-hybridized carbons (Fsp3) is 0.200. The van der Waals surface area contributed by atoms with E-state index in [0.717, 1.165) is 12.4 Å². The van der Waals surface area contributed by atoms with Crippen LogP contribution in [0.25, 0.3) is 0 Å². The number of nitro groups is 1. The fourth-order valence-corrected chi connectivity index (χ4v) is 0.649. The van der Waals surface area contributed by atoms with E-state index in [9.17, 15) is 10.1 Å². The molecule has 0 saturated heterocycles. The Morgan fingerprint density at radius 1 is 1.55 bits per heavy atom. The highest BCUT2D eigenvalue weighted by Crippen LogP contribution is 2.06. The molecule has 0 aromatic carbocycles. The Labute approximate surface area is 67.2 Å². The molecule has 0 aliphatic carbocycles. The second-order valence-corrected chi connectivity index (χ2v) is 2.02. The van der Waals surface area contributed by atoms with E-state index in [1.54, 1.807) is 0 Å². The van der Waals surface area contributed by atoms with E-state index >= 15 is 0 Å². The SMILES string of the molecule is O=[N+]([O-])c1cnc(CCl)nc1. The smallest absolute Gasteiger partial charge is 0.258 e. The zero-order valence-corrected chi connectivity index (χ0v) is 6.15. The molecular weight excluding hydrogens is 170 g/mol. The predicted octanol–water partition coefficient (Wildman–Crippen LogP) is 1.12. The van der Waals surface area contributed by atoms with Gasteiger partial charge >= 0.3 is 5.69 Å². The van der Waals surface area contributed by atoms with Gasteiger partial charge < -0.3 is 0 Å². The van der Waals surface area contributed by atoms with Crippen molar-refractivity contribution in [3.63, 3.8) is 0 Å². The van der Waals surface area contributed by atoms with E-state index in [4.69, 9.17) is 11.6 Å². The van der Waals surface area contributed by atoms with Crippen LogP contribution in [0.15, 0.2) is 12.4 Å². The van der Waals surface area contributed by atoms with Crippen molar-refractivity contribution in [1.29, 1.82) is 0 Å². The second-order valence-electron chi connectivity index (χ2n) is 1.75. The Balaban J connectivity index is 2.91. The van der Waals surface area contributed by atoms with Gasteiger partial charge in [0.25, 0.3) is 0 Å². The Morgan fingerprint density at radius 2 is 2.09 bits per heavy atom. The fourth-order valence-electron chi connectivity index (χ4n) is 0.511. The van der Waals surface area contributed by atoms with E-state index in [0.29, 0.717) is 5.82 Å². The maximum absolute atomic E-state index is 10.1. The van der Waals surface area contributed by atoms with Crippen LogP contribution in [0, 0.1) is 10.1 Å². The number of halogens is 1. The standard InChI is InChI=1S/C5H4ClN3O2/c6-1-5-7-2-4(3-8-5)9(10)11/h2-3H,1H2. The third kappa shape index (κ3) is 1.84. The number of nitrogens with zero attached hydrogens (tertiary/aromatic N) is 3. The van der Waals surface area contributed by atoms with Gasteiger partial charge in [-0.25, -0.2) is 9.97 Å². The van der Waals surface area contributed by atoms with E-state index in [1.165, 1.54) is 0 Å².